The summed E-state index contributed by atoms with van der Waals surface area (Å²) in [6.07, 6.45) is 4.66. The Morgan fingerprint density at radius 2 is 1.89 bits per heavy atom. The number of rotatable bonds is 4. The van der Waals surface area contributed by atoms with Crippen LogP contribution in [0.5, 0.6) is 0 Å². The smallest absolute Gasteiger partial charge is 0.276 e. The van der Waals surface area contributed by atoms with Crippen LogP contribution >= 0.6 is 0 Å². The highest BCUT2D eigenvalue weighted by atomic mass is 19.1. The van der Waals surface area contributed by atoms with Crippen molar-refractivity contribution >= 4 is 5.91 Å². The molecule has 1 aliphatic rings. The molecule has 0 unspecified atom stereocenters. The van der Waals surface area contributed by atoms with Crippen molar-refractivity contribution < 1.29 is 9.18 Å². The topological polar surface area (TPSA) is 51.0 Å². The fraction of sp³-hybridized carbons (Fsp3) is 0.318. The van der Waals surface area contributed by atoms with E-state index in [4.69, 9.17) is 0 Å². The van der Waals surface area contributed by atoms with Crippen LogP contribution in [-0.2, 0) is 6.42 Å². The summed E-state index contributed by atoms with van der Waals surface area (Å²) in [6.45, 7) is 3.17. The maximum atomic E-state index is 13.5. The molecular weight excluding hydrogens is 355 g/mol. The van der Waals surface area contributed by atoms with E-state index in [-0.39, 0.29) is 11.7 Å². The molecule has 0 N–H and O–H groups in total. The first-order chi connectivity index (χ1) is 13.6. The summed E-state index contributed by atoms with van der Waals surface area (Å²) in [5.74, 6) is 0.242. The minimum absolute atomic E-state index is 0.0942. The maximum Gasteiger partial charge on any atom is 0.276 e. The Hall–Kier alpha value is -3.02. The first kappa shape index (κ1) is 18.3. The van der Waals surface area contributed by atoms with Crippen LogP contribution in [-0.4, -0.2) is 38.9 Å². The van der Waals surface area contributed by atoms with Gasteiger partial charge in [0.2, 0.25) is 0 Å². The zero-order chi connectivity index (χ0) is 19.5. The number of hydrogen-bond donors (Lipinski definition) is 0. The zero-order valence-corrected chi connectivity index (χ0v) is 15.9. The first-order valence-corrected chi connectivity index (χ1v) is 9.62. The van der Waals surface area contributed by atoms with Crippen molar-refractivity contribution in [2.45, 2.75) is 26.2 Å². The van der Waals surface area contributed by atoms with Crippen molar-refractivity contribution in [2.75, 3.05) is 13.1 Å². The lowest BCUT2D eigenvalue weighted by molar-refractivity contribution is 0.0684. The van der Waals surface area contributed by atoms with Gasteiger partial charge in [0.15, 0.2) is 5.69 Å². The van der Waals surface area contributed by atoms with Gasteiger partial charge in [-0.25, -0.2) is 9.07 Å². The molecular formula is C22H23FN4O. The first-order valence-electron chi connectivity index (χ1n) is 9.62. The number of amides is 1. The lowest BCUT2D eigenvalue weighted by Crippen LogP contribution is -2.39. The highest BCUT2D eigenvalue weighted by Crippen LogP contribution is 2.23. The second kappa shape index (κ2) is 7.92. The summed E-state index contributed by atoms with van der Waals surface area (Å²) in [6, 6.07) is 15.2. The van der Waals surface area contributed by atoms with E-state index in [0.29, 0.717) is 22.9 Å². The number of hydrogen-bond acceptors (Lipinski definition) is 3. The Kier molecular flexibility index (Phi) is 5.19. The summed E-state index contributed by atoms with van der Waals surface area (Å²) in [7, 11) is 0. The van der Waals surface area contributed by atoms with Crippen LogP contribution in [0.1, 0.15) is 34.5 Å². The van der Waals surface area contributed by atoms with Crippen LogP contribution in [0.25, 0.3) is 5.69 Å². The number of piperidine rings is 1. The van der Waals surface area contributed by atoms with E-state index in [0.717, 1.165) is 32.4 Å². The molecule has 0 atom stereocenters. The molecule has 0 spiro atoms. The fourth-order valence-corrected chi connectivity index (χ4v) is 3.71. The predicted molar refractivity (Wildman–Crippen MR) is 105 cm³/mol. The largest absolute Gasteiger partial charge is 0.337 e. The van der Waals surface area contributed by atoms with Gasteiger partial charge in [0, 0.05) is 13.1 Å². The zero-order valence-electron chi connectivity index (χ0n) is 15.9. The number of aryl methyl sites for hydroxylation is 1. The molecule has 144 valence electrons. The van der Waals surface area contributed by atoms with Gasteiger partial charge in [-0.3, -0.25) is 4.79 Å². The van der Waals surface area contributed by atoms with E-state index in [9.17, 15) is 9.18 Å². The van der Waals surface area contributed by atoms with Gasteiger partial charge in [-0.1, -0.05) is 35.5 Å². The standard InChI is InChI=1S/C22H23FN4O/c1-16-13-19(7-8-20(16)23)27-15-21(24-25-27)22(28)26-11-9-18(10-12-26)14-17-5-3-2-4-6-17/h2-8,13,15,18H,9-12,14H2,1H3. The average Bonchev–Trinajstić information content (AvgIpc) is 3.21. The number of carbonyl (C=O) groups excluding carboxylic acids is 1. The van der Waals surface area contributed by atoms with Crippen LogP contribution in [0.15, 0.2) is 54.7 Å². The van der Waals surface area contributed by atoms with E-state index in [1.54, 1.807) is 25.3 Å². The van der Waals surface area contributed by atoms with Gasteiger partial charge in [-0.05, 0) is 61.4 Å². The van der Waals surface area contributed by atoms with E-state index in [1.165, 1.54) is 16.3 Å². The van der Waals surface area contributed by atoms with Crippen molar-refractivity contribution in [3.63, 3.8) is 0 Å². The molecule has 3 aromatic rings. The molecule has 1 fully saturated rings. The van der Waals surface area contributed by atoms with Crippen molar-refractivity contribution in [1.29, 1.82) is 0 Å². The lowest BCUT2D eigenvalue weighted by atomic mass is 9.90. The highest BCUT2D eigenvalue weighted by Gasteiger charge is 2.25. The van der Waals surface area contributed by atoms with Crippen molar-refractivity contribution in [1.82, 2.24) is 19.9 Å². The third kappa shape index (κ3) is 3.96. The number of likely N-dealkylation sites (tertiary alicyclic amines) is 1. The van der Waals surface area contributed by atoms with E-state index in [1.807, 2.05) is 11.0 Å². The number of carbonyl (C=O) groups is 1. The Morgan fingerprint density at radius 1 is 1.14 bits per heavy atom. The van der Waals surface area contributed by atoms with E-state index < -0.39 is 0 Å². The molecule has 1 aliphatic heterocycles. The monoisotopic (exact) mass is 378 g/mol. The van der Waals surface area contributed by atoms with Gasteiger partial charge in [-0.15, -0.1) is 5.10 Å². The van der Waals surface area contributed by atoms with Crippen molar-refractivity contribution in [3.8, 4) is 5.69 Å². The van der Waals surface area contributed by atoms with Gasteiger partial charge < -0.3 is 4.90 Å². The van der Waals surface area contributed by atoms with Gasteiger partial charge >= 0.3 is 0 Å². The van der Waals surface area contributed by atoms with Crippen LogP contribution < -0.4 is 0 Å². The van der Waals surface area contributed by atoms with Gasteiger partial charge in [0.1, 0.15) is 5.82 Å². The molecule has 5 nitrogen and oxygen atoms in total. The molecule has 28 heavy (non-hydrogen) atoms. The Labute approximate surface area is 163 Å². The second-order valence-electron chi connectivity index (χ2n) is 7.41. The molecule has 1 aromatic heterocycles. The number of benzene rings is 2. The molecule has 6 heteroatoms. The van der Waals surface area contributed by atoms with Crippen molar-refractivity contribution in [2.24, 2.45) is 5.92 Å². The Balaban J connectivity index is 1.38. The number of nitrogens with zero attached hydrogens (tertiary/aromatic N) is 4. The summed E-state index contributed by atoms with van der Waals surface area (Å²) in [4.78, 5) is 14.6. The molecule has 1 saturated heterocycles. The fourth-order valence-electron chi connectivity index (χ4n) is 3.71. The molecule has 2 heterocycles. The SMILES string of the molecule is Cc1cc(-n2cc(C(=O)N3CCC(Cc4ccccc4)CC3)nn2)ccc1F. The Morgan fingerprint density at radius 3 is 2.61 bits per heavy atom. The molecule has 0 radical (unpaired) electrons. The molecule has 4 rings (SSSR count). The van der Waals surface area contributed by atoms with Crippen LogP contribution in [0, 0.1) is 18.7 Å². The third-order valence-corrected chi connectivity index (χ3v) is 5.39. The van der Waals surface area contributed by atoms with Gasteiger partial charge in [0.25, 0.3) is 5.91 Å². The molecule has 0 aliphatic carbocycles. The highest BCUT2D eigenvalue weighted by molar-refractivity contribution is 5.92. The molecule has 1 amide bonds. The minimum atomic E-state index is -0.265. The summed E-state index contributed by atoms with van der Waals surface area (Å²) in [5.41, 5.74) is 2.89. The summed E-state index contributed by atoms with van der Waals surface area (Å²) >= 11 is 0. The minimum Gasteiger partial charge on any atom is -0.337 e. The van der Waals surface area contributed by atoms with Gasteiger partial charge in [-0.2, -0.15) is 0 Å². The van der Waals surface area contributed by atoms with E-state index >= 15 is 0 Å². The third-order valence-electron chi connectivity index (χ3n) is 5.39. The van der Waals surface area contributed by atoms with Crippen LogP contribution in [0.4, 0.5) is 4.39 Å². The molecule has 0 bridgehead atoms. The predicted octanol–water partition coefficient (Wildman–Crippen LogP) is 3.81. The average molecular weight is 378 g/mol. The normalized spacial score (nSPS) is 15.0. The number of aromatic nitrogens is 3. The van der Waals surface area contributed by atoms with Gasteiger partial charge in [0.05, 0.1) is 11.9 Å². The lowest BCUT2D eigenvalue weighted by Gasteiger charge is -2.31. The molecule has 2 aromatic carbocycles. The maximum absolute atomic E-state index is 13.5. The summed E-state index contributed by atoms with van der Waals surface area (Å²) in [5, 5.41) is 8.08. The van der Waals surface area contributed by atoms with Crippen LogP contribution in [0.3, 0.4) is 0 Å². The summed E-state index contributed by atoms with van der Waals surface area (Å²) < 4.78 is 15.0. The molecule has 0 saturated carbocycles. The quantitative estimate of drug-likeness (QED) is 0.694. The second-order valence-corrected chi connectivity index (χ2v) is 7.41. The number of halogens is 1. The van der Waals surface area contributed by atoms with Crippen molar-refractivity contribution in [3.05, 3.63) is 77.4 Å². The Bertz CT molecular complexity index is 962. The van der Waals surface area contributed by atoms with E-state index in [2.05, 4.69) is 34.6 Å². The van der Waals surface area contributed by atoms with Crippen LogP contribution in [0.2, 0.25) is 0 Å².